The minimum absolute atomic E-state index is 0.0453. The van der Waals surface area contributed by atoms with Crippen LogP contribution in [0.3, 0.4) is 0 Å². The van der Waals surface area contributed by atoms with E-state index < -0.39 is 29.2 Å². The molecule has 28 heavy (non-hydrogen) atoms. The fraction of sp³-hybridized carbons (Fsp3) is 0.0588. The molecule has 2 aromatic rings. The van der Waals surface area contributed by atoms with E-state index in [1.165, 1.54) is 24.3 Å². The lowest BCUT2D eigenvalue weighted by Crippen LogP contribution is -2.43. The number of thiocarbonyl (C=S) groups is 1. The highest BCUT2D eigenvalue weighted by Gasteiger charge is 2.36. The number of carbonyl (C=O) groups is 3. The van der Waals surface area contributed by atoms with Crippen LogP contribution in [0.5, 0.6) is 0 Å². The lowest BCUT2D eigenvalue weighted by atomic mass is 10.1. The molecule has 0 saturated carbocycles. The summed E-state index contributed by atoms with van der Waals surface area (Å²) in [5.41, 5.74) is 0.373. The number of imide groups is 1. The van der Waals surface area contributed by atoms with Crippen molar-refractivity contribution in [3.05, 3.63) is 68.7 Å². The largest absolute Gasteiger partial charge is 0.332 e. The first-order valence-electron chi connectivity index (χ1n) is 7.78. The molecule has 0 fully saturated rings. The zero-order valence-corrected chi connectivity index (χ0v) is 15.5. The molecule has 9 nitrogen and oxygen atoms in total. The maximum atomic E-state index is 12.3. The number of nitro benzene ring substituents is 1. The van der Waals surface area contributed by atoms with Crippen LogP contribution in [0.2, 0.25) is 5.02 Å². The zero-order valence-electron chi connectivity index (χ0n) is 14.0. The minimum Gasteiger partial charge on any atom is -0.332 e. The van der Waals surface area contributed by atoms with Gasteiger partial charge in [0.2, 0.25) is 5.91 Å². The summed E-state index contributed by atoms with van der Waals surface area (Å²) in [4.78, 5) is 47.7. The number of carbonyl (C=O) groups excluding carboxylic acids is 3. The molecule has 0 atom stereocenters. The number of anilines is 1. The lowest BCUT2D eigenvalue weighted by Gasteiger charge is -2.14. The number of hydrogen-bond donors (Lipinski definition) is 2. The summed E-state index contributed by atoms with van der Waals surface area (Å²) in [7, 11) is 0. The first-order valence-corrected chi connectivity index (χ1v) is 8.56. The average molecular weight is 419 g/mol. The SMILES string of the molecule is O=C(CN1C(=O)c2ccccc2C1=O)NC(=S)Nc1ccc(Cl)c([N+](=O)[O-])c1. The van der Waals surface area contributed by atoms with Crippen molar-refractivity contribution in [2.45, 2.75) is 0 Å². The third kappa shape index (κ3) is 3.82. The van der Waals surface area contributed by atoms with E-state index in [-0.39, 0.29) is 32.6 Å². The van der Waals surface area contributed by atoms with Crippen LogP contribution in [0.15, 0.2) is 42.5 Å². The van der Waals surface area contributed by atoms with Gasteiger partial charge in [-0.1, -0.05) is 23.7 Å². The predicted molar refractivity (Wildman–Crippen MR) is 104 cm³/mol. The number of nitro groups is 1. The van der Waals surface area contributed by atoms with E-state index in [0.717, 1.165) is 11.0 Å². The summed E-state index contributed by atoms with van der Waals surface area (Å²) in [6, 6.07) is 10.2. The van der Waals surface area contributed by atoms with E-state index in [1.807, 2.05) is 0 Å². The van der Waals surface area contributed by atoms with E-state index in [9.17, 15) is 24.5 Å². The molecule has 142 valence electrons. The third-order valence-corrected chi connectivity index (χ3v) is 4.36. The van der Waals surface area contributed by atoms with Crippen LogP contribution in [0.25, 0.3) is 0 Å². The molecule has 1 aliphatic heterocycles. The lowest BCUT2D eigenvalue weighted by molar-refractivity contribution is -0.384. The van der Waals surface area contributed by atoms with Crippen LogP contribution < -0.4 is 10.6 Å². The molecule has 3 amide bonds. The van der Waals surface area contributed by atoms with E-state index in [1.54, 1.807) is 12.1 Å². The molecule has 0 aromatic heterocycles. The number of halogens is 1. The topological polar surface area (TPSA) is 122 Å². The maximum Gasteiger partial charge on any atom is 0.289 e. The quantitative estimate of drug-likeness (QED) is 0.338. The van der Waals surface area contributed by atoms with Gasteiger partial charge in [-0.2, -0.15) is 0 Å². The minimum atomic E-state index is -0.699. The Morgan fingerprint density at radius 1 is 1.14 bits per heavy atom. The molecular formula is C17H11ClN4O5S. The molecule has 11 heteroatoms. The van der Waals surface area contributed by atoms with Crippen molar-refractivity contribution in [1.82, 2.24) is 10.2 Å². The number of nitrogens with zero attached hydrogens (tertiary/aromatic N) is 2. The van der Waals surface area contributed by atoms with Crippen molar-refractivity contribution in [3.63, 3.8) is 0 Å². The average Bonchev–Trinajstić information content (AvgIpc) is 2.88. The summed E-state index contributed by atoms with van der Waals surface area (Å²) >= 11 is 10.7. The highest BCUT2D eigenvalue weighted by Crippen LogP contribution is 2.27. The van der Waals surface area contributed by atoms with E-state index in [0.29, 0.717) is 0 Å². The maximum absolute atomic E-state index is 12.3. The summed E-state index contributed by atoms with van der Waals surface area (Å²) in [6.07, 6.45) is 0. The Hall–Kier alpha value is -3.37. The first kappa shape index (κ1) is 19.4. The predicted octanol–water partition coefficient (Wildman–Crippen LogP) is 2.36. The second kappa shape index (κ2) is 7.71. The van der Waals surface area contributed by atoms with Gasteiger partial charge in [-0.3, -0.25) is 29.4 Å². The molecule has 0 radical (unpaired) electrons. The van der Waals surface area contributed by atoms with Gasteiger partial charge in [-0.05, 0) is 36.5 Å². The Bertz CT molecular complexity index is 1010. The highest BCUT2D eigenvalue weighted by molar-refractivity contribution is 7.80. The molecule has 1 heterocycles. The van der Waals surface area contributed by atoms with Crippen molar-refractivity contribution in [2.24, 2.45) is 0 Å². The zero-order chi connectivity index (χ0) is 20.4. The van der Waals surface area contributed by atoms with Gasteiger partial charge >= 0.3 is 0 Å². The fourth-order valence-electron chi connectivity index (χ4n) is 2.59. The molecule has 0 unspecified atom stereocenters. The monoisotopic (exact) mass is 418 g/mol. The van der Waals surface area contributed by atoms with Gasteiger partial charge in [0.05, 0.1) is 16.1 Å². The van der Waals surface area contributed by atoms with Crippen molar-refractivity contribution in [2.75, 3.05) is 11.9 Å². The van der Waals surface area contributed by atoms with Crippen LogP contribution in [0.4, 0.5) is 11.4 Å². The van der Waals surface area contributed by atoms with Gasteiger partial charge in [-0.25, -0.2) is 0 Å². The smallest absolute Gasteiger partial charge is 0.289 e. The number of benzene rings is 2. The number of nitrogens with one attached hydrogen (secondary N) is 2. The Kier molecular flexibility index (Phi) is 5.34. The van der Waals surface area contributed by atoms with Crippen molar-refractivity contribution < 1.29 is 19.3 Å². The number of hydrogen-bond acceptors (Lipinski definition) is 6. The molecule has 2 N–H and O–H groups in total. The number of rotatable bonds is 4. The molecule has 0 saturated heterocycles. The fourth-order valence-corrected chi connectivity index (χ4v) is 3.00. The second-order valence-electron chi connectivity index (χ2n) is 5.67. The van der Waals surface area contributed by atoms with Gasteiger partial charge in [0.15, 0.2) is 5.11 Å². The molecular weight excluding hydrogens is 408 g/mol. The number of fused-ring (bicyclic) bond motifs is 1. The molecule has 0 aliphatic carbocycles. The van der Waals surface area contributed by atoms with Crippen molar-refractivity contribution >= 4 is 58.0 Å². The van der Waals surface area contributed by atoms with Crippen molar-refractivity contribution in [3.8, 4) is 0 Å². The Labute approximate surface area is 168 Å². The van der Waals surface area contributed by atoms with Crippen LogP contribution in [-0.4, -0.2) is 39.2 Å². The highest BCUT2D eigenvalue weighted by atomic mass is 35.5. The molecule has 1 aliphatic rings. The summed E-state index contributed by atoms with van der Waals surface area (Å²) in [5, 5.41) is 15.6. The summed E-state index contributed by atoms with van der Waals surface area (Å²) < 4.78 is 0. The molecule has 2 aromatic carbocycles. The summed E-state index contributed by atoms with van der Waals surface area (Å²) in [5.74, 6) is -1.83. The number of amides is 3. The van der Waals surface area contributed by atoms with Gasteiger partial charge in [0.25, 0.3) is 17.5 Å². The second-order valence-corrected chi connectivity index (χ2v) is 6.48. The Morgan fingerprint density at radius 2 is 1.75 bits per heavy atom. The van der Waals surface area contributed by atoms with Gasteiger partial charge in [0, 0.05) is 11.8 Å². The van der Waals surface area contributed by atoms with E-state index in [4.69, 9.17) is 23.8 Å². The van der Waals surface area contributed by atoms with Crippen LogP contribution in [0, 0.1) is 10.1 Å². The van der Waals surface area contributed by atoms with Crippen LogP contribution in [0.1, 0.15) is 20.7 Å². The van der Waals surface area contributed by atoms with Crippen LogP contribution in [-0.2, 0) is 4.79 Å². The molecule has 3 rings (SSSR count). The molecule has 0 spiro atoms. The Balaban J connectivity index is 1.62. The van der Waals surface area contributed by atoms with E-state index in [2.05, 4.69) is 10.6 Å². The van der Waals surface area contributed by atoms with Crippen molar-refractivity contribution in [1.29, 1.82) is 0 Å². The summed E-state index contributed by atoms with van der Waals surface area (Å²) in [6.45, 7) is -0.519. The van der Waals surface area contributed by atoms with Gasteiger partial charge in [-0.15, -0.1) is 0 Å². The van der Waals surface area contributed by atoms with Gasteiger partial charge < -0.3 is 10.6 Å². The first-order chi connectivity index (χ1) is 13.3. The third-order valence-electron chi connectivity index (χ3n) is 3.83. The molecule has 0 bridgehead atoms. The normalized spacial score (nSPS) is 12.5. The van der Waals surface area contributed by atoms with Gasteiger partial charge in [0.1, 0.15) is 11.6 Å². The van der Waals surface area contributed by atoms with E-state index >= 15 is 0 Å². The Morgan fingerprint density at radius 3 is 2.32 bits per heavy atom. The standard InChI is InChI=1S/C17H11ClN4O5S/c18-12-6-5-9(7-13(12)22(26)27)19-17(28)20-14(23)8-21-15(24)10-3-1-2-4-11(10)16(21)25/h1-7H,8H2,(H2,19,20,23,28). The van der Waals surface area contributed by atoms with Crippen LogP contribution >= 0.6 is 23.8 Å².